The zero-order valence-electron chi connectivity index (χ0n) is 10.7. The zero-order valence-corrected chi connectivity index (χ0v) is 11.5. The number of nitrogens with one attached hydrogen (secondary N) is 1. The molecule has 3 N–H and O–H groups in total. The van der Waals surface area contributed by atoms with E-state index in [9.17, 15) is 4.79 Å². The van der Waals surface area contributed by atoms with Gasteiger partial charge in [-0.15, -0.1) is 0 Å². The largest absolute Gasteiger partial charge is 0.329 e. The second-order valence-electron chi connectivity index (χ2n) is 4.12. The van der Waals surface area contributed by atoms with Crippen LogP contribution in [0.1, 0.15) is 11.1 Å². The number of thioether (sulfide) groups is 1. The van der Waals surface area contributed by atoms with Crippen molar-refractivity contribution in [3.8, 4) is 0 Å². The van der Waals surface area contributed by atoms with Crippen LogP contribution in [0.4, 0.5) is 0 Å². The molecule has 1 aromatic heterocycles. The van der Waals surface area contributed by atoms with Gasteiger partial charge >= 0.3 is 0 Å². The van der Waals surface area contributed by atoms with Crippen molar-refractivity contribution in [2.24, 2.45) is 12.9 Å². The Morgan fingerprint density at radius 2 is 2.16 bits per heavy atom. The molecule has 1 amide bonds. The van der Waals surface area contributed by atoms with Gasteiger partial charge in [0.15, 0.2) is 5.16 Å². The SMILES string of the molecule is Cn1ccnc1SCc1ccccc1CC(=O)NN. The van der Waals surface area contributed by atoms with Gasteiger partial charge in [0.25, 0.3) is 0 Å². The van der Waals surface area contributed by atoms with Crippen molar-refractivity contribution in [3.63, 3.8) is 0 Å². The van der Waals surface area contributed by atoms with E-state index in [0.29, 0.717) is 6.42 Å². The van der Waals surface area contributed by atoms with Gasteiger partial charge in [-0.2, -0.15) is 0 Å². The van der Waals surface area contributed by atoms with Crippen LogP contribution >= 0.6 is 11.8 Å². The second-order valence-corrected chi connectivity index (χ2v) is 5.06. The van der Waals surface area contributed by atoms with Gasteiger partial charge < -0.3 is 4.57 Å². The molecule has 0 atom stereocenters. The lowest BCUT2D eigenvalue weighted by molar-refractivity contribution is -0.120. The number of nitrogens with two attached hydrogens (primary N) is 1. The molecular formula is C13H16N4OS. The third-order valence-electron chi connectivity index (χ3n) is 2.76. The minimum absolute atomic E-state index is 0.186. The molecule has 19 heavy (non-hydrogen) atoms. The van der Waals surface area contributed by atoms with Gasteiger partial charge in [-0.05, 0) is 11.1 Å². The second kappa shape index (κ2) is 6.40. The number of aromatic nitrogens is 2. The predicted octanol–water partition coefficient (Wildman–Crippen LogP) is 1.24. The van der Waals surface area contributed by atoms with E-state index in [1.165, 1.54) is 0 Å². The molecule has 100 valence electrons. The summed E-state index contributed by atoms with van der Waals surface area (Å²) in [5, 5.41) is 0.957. The van der Waals surface area contributed by atoms with Crippen LogP contribution in [-0.4, -0.2) is 15.5 Å². The molecule has 0 spiro atoms. The molecule has 0 aliphatic carbocycles. The van der Waals surface area contributed by atoms with Gasteiger partial charge in [-0.25, -0.2) is 10.8 Å². The van der Waals surface area contributed by atoms with Crippen LogP contribution in [-0.2, 0) is 24.0 Å². The van der Waals surface area contributed by atoms with E-state index in [2.05, 4.69) is 10.4 Å². The van der Waals surface area contributed by atoms with Gasteiger partial charge in [0.05, 0.1) is 6.42 Å². The summed E-state index contributed by atoms with van der Waals surface area (Å²) in [5.41, 5.74) is 4.27. The Balaban J connectivity index is 2.07. The Morgan fingerprint density at radius 3 is 2.79 bits per heavy atom. The molecule has 0 aliphatic heterocycles. The molecule has 1 heterocycles. The van der Waals surface area contributed by atoms with E-state index in [0.717, 1.165) is 22.0 Å². The molecule has 0 aliphatic rings. The normalized spacial score (nSPS) is 10.4. The first-order valence-electron chi connectivity index (χ1n) is 5.87. The zero-order chi connectivity index (χ0) is 13.7. The van der Waals surface area contributed by atoms with Crippen molar-refractivity contribution in [2.45, 2.75) is 17.3 Å². The Kier molecular flexibility index (Phi) is 4.59. The highest BCUT2D eigenvalue weighted by Crippen LogP contribution is 2.22. The molecule has 0 radical (unpaired) electrons. The number of hydrogen-bond acceptors (Lipinski definition) is 4. The van der Waals surface area contributed by atoms with E-state index in [1.54, 1.807) is 18.0 Å². The number of carbonyl (C=O) groups excluding carboxylic acids is 1. The predicted molar refractivity (Wildman–Crippen MR) is 75.2 cm³/mol. The van der Waals surface area contributed by atoms with Crippen LogP contribution in [0, 0.1) is 0 Å². The highest BCUT2D eigenvalue weighted by atomic mass is 32.2. The Hall–Kier alpha value is -1.79. The molecule has 2 rings (SSSR count). The minimum atomic E-state index is -0.186. The summed E-state index contributed by atoms with van der Waals surface area (Å²) in [6, 6.07) is 7.87. The van der Waals surface area contributed by atoms with Crippen LogP contribution in [0.15, 0.2) is 41.8 Å². The number of imidazole rings is 1. The number of aryl methyl sites for hydroxylation is 1. The standard InChI is InChI=1S/C13H16N4OS/c1-17-7-6-15-13(17)19-9-11-5-3-2-4-10(11)8-12(18)16-14/h2-7H,8-9,14H2,1H3,(H,16,18). The lowest BCUT2D eigenvalue weighted by Crippen LogP contribution is -2.31. The summed E-state index contributed by atoms with van der Waals surface area (Å²) < 4.78 is 1.97. The molecule has 0 saturated carbocycles. The first-order valence-corrected chi connectivity index (χ1v) is 6.85. The molecule has 1 aromatic carbocycles. The Bertz CT molecular complexity index is 567. The van der Waals surface area contributed by atoms with Gasteiger partial charge in [0.1, 0.15) is 0 Å². The quantitative estimate of drug-likeness (QED) is 0.373. The topological polar surface area (TPSA) is 72.9 Å². The fourth-order valence-corrected chi connectivity index (χ4v) is 2.69. The van der Waals surface area contributed by atoms with E-state index in [4.69, 9.17) is 5.84 Å². The van der Waals surface area contributed by atoms with Crippen LogP contribution in [0.5, 0.6) is 0 Å². The number of rotatable bonds is 5. The monoisotopic (exact) mass is 276 g/mol. The first kappa shape index (κ1) is 13.6. The first-order chi connectivity index (χ1) is 9.20. The van der Waals surface area contributed by atoms with Crippen LogP contribution in [0.2, 0.25) is 0 Å². The maximum absolute atomic E-state index is 11.4. The summed E-state index contributed by atoms with van der Waals surface area (Å²) in [6.07, 6.45) is 3.99. The highest BCUT2D eigenvalue weighted by Gasteiger charge is 2.08. The van der Waals surface area contributed by atoms with Crippen LogP contribution in [0.3, 0.4) is 0 Å². The molecule has 0 saturated heterocycles. The summed E-state index contributed by atoms with van der Waals surface area (Å²) in [7, 11) is 1.96. The number of benzene rings is 1. The smallest absolute Gasteiger partial charge is 0.238 e. The summed E-state index contributed by atoms with van der Waals surface area (Å²) >= 11 is 1.64. The van der Waals surface area contributed by atoms with Crippen LogP contribution < -0.4 is 11.3 Å². The summed E-state index contributed by atoms with van der Waals surface area (Å²) in [6.45, 7) is 0. The Labute approximate surface area is 116 Å². The van der Waals surface area contributed by atoms with E-state index >= 15 is 0 Å². The number of nitrogens with zero attached hydrogens (tertiary/aromatic N) is 2. The van der Waals surface area contributed by atoms with E-state index in [1.807, 2.05) is 42.1 Å². The van der Waals surface area contributed by atoms with Gasteiger partial charge in [-0.3, -0.25) is 10.2 Å². The highest BCUT2D eigenvalue weighted by molar-refractivity contribution is 7.98. The number of hydrogen-bond donors (Lipinski definition) is 2. The van der Waals surface area contributed by atoms with Crippen molar-refractivity contribution in [3.05, 3.63) is 47.8 Å². The van der Waals surface area contributed by atoms with Crippen molar-refractivity contribution in [1.82, 2.24) is 15.0 Å². The summed E-state index contributed by atoms with van der Waals surface area (Å²) in [5.74, 6) is 5.71. The van der Waals surface area contributed by atoms with Crippen molar-refractivity contribution in [1.29, 1.82) is 0 Å². The molecule has 2 aromatic rings. The minimum Gasteiger partial charge on any atom is -0.329 e. The lowest BCUT2D eigenvalue weighted by atomic mass is 10.1. The average Bonchev–Trinajstić information content (AvgIpc) is 2.83. The van der Waals surface area contributed by atoms with Crippen LogP contribution in [0.25, 0.3) is 0 Å². The fourth-order valence-electron chi connectivity index (χ4n) is 1.73. The maximum atomic E-state index is 11.4. The third-order valence-corrected chi connectivity index (χ3v) is 3.87. The van der Waals surface area contributed by atoms with E-state index in [-0.39, 0.29) is 5.91 Å². The molecule has 0 unspecified atom stereocenters. The van der Waals surface area contributed by atoms with Crippen molar-refractivity contribution in [2.75, 3.05) is 0 Å². The Morgan fingerprint density at radius 1 is 1.42 bits per heavy atom. The van der Waals surface area contributed by atoms with Gasteiger partial charge in [-0.1, -0.05) is 36.0 Å². The molecular weight excluding hydrogens is 260 g/mol. The summed E-state index contributed by atoms with van der Waals surface area (Å²) in [4.78, 5) is 15.6. The van der Waals surface area contributed by atoms with Gasteiger partial charge in [0, 0.05) is 25.2 Å². The number of amides is 1. The molecule has 5 nitrogen and oxygen atoms in total. The fraction of sp³-hybridized carbons (Fsp3) is 0.231. The van der Waals surface area contributed by atoms with E-state index < -0.39 is 0 Å². The average molecular weight is 276 g/mol. The molecule has 0 fully saturated rings. The lowest BCUT2D eigenvalue weighted by Gasteiger charge is -2.08. The van der Waals surface area contributed by atoms with Crippen molar-refractivity contribution < 1.29 is 4.79 Å². The number of carbonyl (C=O) groups is 1. The third kappa shape index (κ3) is 3.59. The molecule has 0 bridgehead atoms. The number of hydrazine groups is 1. The van der Waals surface area contributed by atoms with Crippen molar-refractivity contribution >= 4 is 17.7 Å². The molecule has 6 heteroatoms. The van der Waals surface area contributed by atoms with Gasteiger partial charge in [0.2, 0.25) is 5.91 Å². The maximum Gasteiger partial charge on any atom is 0.238 e.